The van der Waals surface area contributed by atoms with Crippen LogP contribution in [0.5, 0.6) is 5.75 Å². The number of aromatic nitrogens is 1. The third-order valence-electron chi connectivity index (χ3n) is 7.27. The van der Waals surface area contributed by atoms with Crippen LogP contribution in [0, 0.1) is 24.6 Å². The molecule has 2 unspecified atom stereocenters. The number of ether oxygens (including phenoxy) is 1. The molecule has 1 aromatic carbocycles. The topological polar surface area (TPSA) is 101 Å². The number of aryl methyl sites for hydroxylation is 1. The van der Waals surface area contributed by atoms with Crippen LogP contribution in [0.3, 0.4) is 0 Å². The number of aromatic hydroxyl groups is 1. The molecule has 5 atom stereocenters. The first kappa shape index (κ1) is 19.5. The van der Waals surface area contributed by atoms with Gasteiger partial charge in [-0.1, -0.05) is 12.1 Å². The van der Waals surface area contributed by atoms with Crippen molar-refractivity contribution in [2.24, 2.45) is 11.8 Å². The van der Waals surface area contributed by atoms with E-state index in [-0.39, 0.29) is 42.1 Å². The average molecular weight is 439 g/mol. The van der Waals surface area contributed by atoms with Gasteiger partial charge in [0.2, 0.25) is 5.43 Å². The van der Waals surface area contributed by atoms with Crippen LogP contribution in [0.1, 0.15) is 44.8 Å². The van der Waals surface area contributed by atoms with Crippen LogP contribution >= 0.6 is 0 Å². The van der Waals surface area contributed by atoms with E-state index >= 15 is 0 Å². The van der Waals surface area contributed by atoms with Gasteiger partial charge < -0.3 is 24.6 Å². The van der Waals surface area contributed by atoms with Gasteiger partial charge in [0.15, 0.2) is 17.7 Å². The standard InChI is InChI=1S/C23H22FN3O5/c1-10-2-3-11(15(24)4-10)7-25-22(30)14-8-26-9-18-27(23(31)19(26)21(29)20(14)28)16-6-17(32-18)13-5-12(13)16/h2-4,8,12-13,16-18,29H,5-7,9H2,1H3,(H,25,30)/t12-,13+,16?,17?,18-/m0/s1. The van der Waals surface area contributed by atoms with E-state index < -0.39 is 35.0 Å². The average Bonchev–Trinajstić information content (AvgIpc) is 3.50. The molecule has 2 aliphatic heterocycles. The monoisotopic (exact) mass is 439 g/mol. The number of nitrogens with one attached hydrogen (secondary N) is 1. The molecule has 4 aliphatic rings. The Morgan fingerprint density at radius 3 is 2.88 bits per heavy atom. The second-order valence-electron chi connectivity index (χ2n) is 9.21. The lowest BCUT2D eigenvalue weighted by molar-refractivity contribution is -0.144. The van der Waals surface area contributed by atoms with Gasteiger partial charge in [-0.25, -0.2) is 4.39 Å². The van der Waals surface area contributed by atoms with Gasteiger partial charge in [0, 0.05) is 24.3 Å². The maximum Gasteiger partial charge on any atom is 0.276 e. The molecule has 2 aliphatic carbocycles. The molecule has 2 amide bonds. The largest absolute Gasteiger partial charge is 0.503 e. The molecule has 3 fully saturated rings. The van der Waals surface area contributed by atoms with Crippen molar-refractivity contribution in [3.8, 4) is 5.75 Å². The Morgan fingerprint density at radius 2 is 2.09 bits per heavy atom. The molecule has 0 spiro atoms. The van der Waals surface area contributed by atoms with Gasteiger partial charge in [0.25, 0.3) is 11.8 Å². The summed E-state index contributed by atoms with van der Waals surface area (Å²) >= 11 is 0. The summed E-state index contributed by atoms with van der Waals surface area (Å²) in [4.78, 5) is 40.3. The maximum absolute atomic E-state index is 14.1. The molecule has 8 nitrogen and oxygen atoms in total. The number of hydrogen-bond donors (Lipinski definition) is 2. The summed E-state index contributed by atoms with van der Waals surface area (Å²) in [6, 6.07) is 4.73. The van der Waals surface area contributed by atoms with E-state index in [2.05, 4.69) is 5.32 Å². The summed E-state index contributed by atoms with van der Waals surface area (Å²) in [7, 11) is 0. The zero-order chi connectivity index (χ0) is 22.3. The van der Waals surface area contributed by atoms with Crippen molar-refractivity contribution in [3.05, 3.63) is 62.8 Å². The number of hydrogen-bond acceptors (Lipinski definition) is 5. The number of halogens is 1. The van der Waals surface area contributed by atoms with Crippen molar-refractivity contribution >= 4 is 11.8 Å². The molecule has 1 saturated heterocycles. The number of carbonyl (C=O) groups excluding carboxylic acids is 2. The molecule has 2 saturated carbocycles. The van der Waals surface area contributed by atoms with Crippen LogP contribution in [0.15, 0.2) is 29.2 Å². The maximum atomic E-state index is 14.1. The Balaban J connectivity index is 1.29. The molecule has 166 valence electrons. The van der Waals surface area contributed by atoms with Gasteiger partial charge in [-0.3, -0.25) is 14.4 Å². The van der Waals surface area contributed by atoms with Crippen molar-refractivity contribution in [3.63, 3.8) is 0 Å². The third-order valence-corrected chi connectivity index (χ3v) is 7.27. The van der Waals surface area contributed by atoms with Gasteiger partial charge in [0.05, 0.1) is 12.6 Å². The van der Waals surface area contributed by atoms with Gasteiger partial charge in [-0.05, 0) is 43.2 Å². The molecule has 1 aromatic heterocycles. The van der Waals surface area contributed by atoms with Crippen LogP contribution < -0.4 is 10.7 Å². The number of carbonyl (C=O) groups is 2. The van der Waals surface area contributed by atoms with Gasteiger partial charge >= 0.3 is 0 Å². The van der Waals surface area contributed by atoms with Crippen molar-refractivity contribution in [2.45, 2.75) is 51.2 Å². The van der Waals surface area contributed by atoms with Crippen LogP contribution in [-0.2, 0) is 17.8 Å². The molecule has 3 heterocycles. The Hall–Kier alpha value is -3.20. The first-order valence-electron chi connectivity index (χ1n) is 10.8. The highest BCUT2D eigenvalue weighted by atomic mass is 19.1. The molecule has 6 rings (SSSR count). The van der Waals surface area contributed by atoms with Crippen LogP contribution in [0.2, 0.25) is 0 Å². The molecular formula is C23H22FN3O5. The number of benzene rings is 1. The fourth-order valence-corrected chi connectivity index (χ4v) is 5.60. The minimum absolute atomic E-state index is 0.0758. The lowest BCUT2D eigenvalue weighted by Gasteiger charge is -2.45. The molecule has 2 aromatic rings. The summed E-state index contributed by atoms with van der Waals surface area (Å²) in [5, 5.41) is 13.1. The number of pyridine rings is 1. The van der Waals surface area contributed by atoms with E-state index in [0.717, 1.165) is 18.4 Å². The van der Waals surface area contributed by atoms with Crippen molar-refractivity contribution in [1.82, 2.24) is 14.8 Å². The van der Waals surface area contributed by atoms with Gasteiger partial charge in [-0.2, -0.15) is 0 Å². The number of nitrogens with zero attached hydrogens (tertiary/aromatic N) is 2. The van der Waals surface area contributed by atoms with Gasteiger partial charge in [-0.15, -0.1) is 0 Å². The normalized spacial score (nSPS) is 29.2. The fraction of sp³-hybridized carbons (Fsp3) is 0.435. The summed E-state index contributed by atoms with van der Waals surface area (Å²) in [5.74, 6) is -1.47. The van der Waals surface area contributed by atoms with E-state index in [4.69, 9.17) is 4.74 Å². The molecule has 9 heteroatoms. The van der Waals surface area contributed by atoms with E-state index in [1.807, 2.05) is 0 Å². The second kappa shape index (κ2) is 6.65. The predicted molar refractivity (Wildman–Crippen MR) is 110 cm³/mol. The second-order valence-corrected chi connectivity index (χ2v) is 9.21. The molecule has 2 bridgehead atoms. The van der Waals surface area contributed by atoms with Crippen molar-refractivity contribution < 1.29 is 23.8 Å². The Labute approximate surface area is 182 Å². The van der Waals surface area contributed by atoms with E-state index in [1.165, 1.54) is 16.8 Å². The first-order chi connectivity index (χ1) is 15.3. The number of rotatable bonds is 3. The smallest absolute Gasteiger partial charge is 0.276 e. The quantitative estimate of drug-likeness (QED) is 0.755. The minimum atomic E-state index is -0.920. The van der Waals surface area contributed by atoms with Crippen LogP contribution in [0.4, 0.5) is 4.39 Å². The Morgan fingerprint density at radius 1 is 1.28 bits per heavy atom. The lowest BCUT2D eigenvalue weighted by atomic mass is 10.0. The van der Waals surface area contributed by atoms with E-state index in [9.17, 15) is 23.9 Å². The van der Waals surface area contributed by atoms with Crippen molar-refractivity contribution in [1.29, 1.82) is 0 Å². The summed E-state index contributed by atoms with van der Waals surface area (Å²) < 4.78 is 21.6. The molecule has 2 N–H and O–H groups in total. The van der Waals surface area contributed by atoms with E-state index in [0.29, 0.717) is 11.8 Å². The van der Waals surface area contributed by atoms with E-state index in [1.54, 1.807) is 24.0 Å². The van der Waals surface area contributed by atoms with Crippen molar-refractivity contribution in [2.75, 3.05) is 0 Å². The summed E-state index contributed by atoms with van der Waals surface area (Å²) in [5.41, 5.74) is -0.303. The highest BCUT2D eigenvalue weighted by molar-refractivity contribution is 5.99. The predicted octanol–water partition coefficient (Wildman–Crippen LogP) is 1.52. The molecule has 0 radical (unpaired) electrons. The summed E-state index contributed by atoms with van der Waals surface area (Å²) in [6.07, 6.45) is 2.78. The summed E-state index contributed by atoms with van der Waals surface area (Å²) in [6.45, 7) is 1.88. The third kappa shape index (κ3) is 2.73. The zero-order valence-corrected chi connectivity index (χ0v) is 17.4. The Bertz CT molecular complexity index is 1240. The lowest BCUT2D eigenvalue weighted by Crippen LogP contribution is -2.58. The molecule has 32 heavy (non-hydrogen) atoms. The fourth-order valence-electron chi connectivity index (χ4n) is 5.60. The number of amides is 2. The highest BCUT2D eigenvalue weighted by Gasteiger charge is 2.63. The molecular weight excluding hydrogens is 417 g/mol. The number of fused-ring (bicyclic) bond motifs is 8. The SMILES string of the molecule is Cc1ccc(CNC(=O)c2cn3c(c(O)c2=O)C(=O)N2C4CC(O[C@H]2C3)[C@@H]2C[C@H]42)c(F)c1. The first-order valence-corrected chi connectivity index (χ1v) is 10.8. The van der Waals surface area contributed by atoms with Crippen LogP contribution in [-0.4, -0.2) is 44.8 Å². The van der Waals surface area contributed by atoms with Gasteiger partial charge in [0.1, 0.15) is 11.4 Å². The highest BCUT2D eigenvalue weighted by Crippen LogP contribution is 2.58. The Kier molecular flexibility index (Phi) is 4.05. The van der Waals surface area contributed by atoms with Crippen LogP contribution in [0.25, 0.3) is 0 Å². The zero-order valence-electron chi connectivity index (χ0n) is 17.4. The minimum Gasteiger partial charge on any atom is -0.503 e.